The van der Waals surface area contributed by atoms with Crippen molar-refractivity contribution in [2.45, 2.75) is 58.4 Å². The monoisotopic (exact) mass is 304 g/mol. The number of methoxy groups -OCH3 is 1. The average Bonchev–Trinajstić information content (AvgIpc) is 2.35. The third-order valence-corrected chi connectivity index (χ3v) is 2.87. The zero-order valence-electron chi connectivity index (χ0n) is 12.7. The fourth-order valence-corrected chi connectivity index (χ4v) is 2.16. The van der Waals surface area contributed by atoms with Crippen LogP contribution >= 0.6 is 0 Å². The molecule has 1 heterocycles. The van der Waals surface area contributed by atoms with Crippen LogP contribution in [-0.4, -0.2) is 55.7 Å². The van der Waals surface area contributed by atoms with E-state index in [0.29, 0.717) is 0 Å². The van der Waals surface area contributed by atoms with Gasteiger partial charge in [0, 0.05) is 27.9 Å². The van der Waals surface area contributed by atoms with Crippen molar-refractivity contribution in [2.24, 2.45) is 0 Å². The molecular weight excluding hydrogens is 284 g/mol. The summed E-state index contributed by atoms with van der Waals surface area (Å²) in [5.74, 6) is -1.76. The Balaban J connectivity index is 3.08. The summed E-state index contributed by atoms with van der Waals surface area (Å²) < 4.78 is 26.0. The van der Waals surface area contributed by atoms with Crippen LogP contribution in [0.4, 0.5) is 0 Å². The van der Waals surface area contributed by atoms with Crippen LogP contribution in [0.1, 0.15) is 27.7 Å². The molecule has 0 spiro atoms. The topological polar surface area (TPSA) is 97.4 Å². The first-order valence-corrected chi connectivity index (χ1v) is 6.46. The number of ether oxygens (including phenoxy) is 5. The SMILES string of the molecule is CO[C@@H]1O[C@@H](C)[C@@H](OC(C)=O)[C@H](OC(C)=O)[C@@H]1OC(C)=O. The lowest BCUT2D eigenvalue weighted by molar-refractivity contribution is -0.294. The highest BCUT2D eigenvalue weighted by Crippen LogP contribution is 2.28. The van der Waals surface area contributed by atoms with Gasteiger partial charge in [0.05, 0.1) is 6.10 Å². The number of hydrogen-bond donors (Lipinski definition) is 0. The van der Waals surface area contributed by atoms with E-state index < -0.39 is 48.6 Å². The lowest BCUT2D eigenvalue weighted by Gasteiger charge is -2.42. The zero-order chi connectivity index (χ0) is 16.2. The first kappa shape index (κ1) is 17.4. The van der Waals surface area contributed by atoms with E-state index in [1.54, 1.807) is 6.92 Å². The van der Waals surface area contributed by atoms with Gasteiger partial charge < -0.3 is 23.7 Å². The van der Waals surface area contributed by atoms with Crippen LogP contribution in [-0.2, 0) is 38.1 Å². The van der Waals surface area contributed by atoms with Crippen molar-refractivity contribution in [1.29, 1.82) is 0 Å². The van der Waals surface area contributed by atoms with Crippen molar-refractivity contribution in [1.82, 2.24) is 0 Å². The van der Waals surface area contributed by atoms with Crippen molar-refractivity contribution < 1.29 is 38.1 Å². The molecule has 8 heteroatoms. The summed E-state index contributed by atoms with van der Waals surface area (Å²) in [4.78, 5) is 33.7. The smallest absolute Gasteiger partial charge is 0.303 e. The third-order valence-electron chi connectivity index (χ3n) is 2.87. The van der Waals surface area contributed by atoms with Crippen LogP contribution in [0.2, 0.25) is 0 Å². The molecule has 0 aromatic carbocycles. The predicted octanol–water partition coefficient (Wildman–Crippen LogP) is 0.173. The molecule has 5 atom stereocenters. The van der Waals surface area contributed by atoms with Crippen LogP contribution in [0.15, 0.2) is 0 Å². The number of hydrogen-bond acceptors (Lipinski definition) is 8. The Morgan fingerprint density at radius 3 is 1.67 bits per heavy atom. The lowest BCUT2D eigenvalue weighted by Crippen LogP contribution is -2.60. The Morgan fingerprint density at radius 2 is 1.24 bits per heavy atom. The summed E-state index contributed by atoms with van der Waals surface area (Å²) >= 11 is 0. The maximum absolute atomic E-state index is 11.3. The zero-order valence-corrected chi connectivity index (χ0v) is 12.7. The van der Waals surface area contributed by atoms with Crippen molar-refractivity contribution in [3.8, 4) is 0 Å². The minimum Gasteiger partial charge on any atom is -0.456 e. The molecule has 0 unspecified atom stereocenters. The molecule has 0 amide bonds. The van der Waals surface area contributed by atoms with Gasteiger partial charge in [0.15, 0.2) is 24.6 Å². The van der Waals surface area contributed by atoms with E-state index in [0.717, 1.165) is 0 Å². The second kappa shape index (κ2) is 7.37. The molecule has 120 valence electrons. The quantitative estimate of drug-likeness (QED) is 0.535. The highest BCUT2D eigenvalue weighted by atomic mass is 16.7. The molecule has 1 aliphatic heterocycles. The third kappa shape index (κ3) is 4.68. The molecule has 21 heavy (non-hydrogen) atoms. The summed E-state index contributed by atoms with van der Waals surface area (Å²) in [6, 6.07) is 0. The predicted molar refractivity (Wildman–Crippen MR) is 68.0 cm³/mol. The van der Waals surface area contributed by atoms with Gasteiger partial charge in [0.2, 0.25) is 0 Å². The van der Waals surface area contributed by atoms with Gasteiger partial charge >= 0.3 is 17.9 Å². The van der Waals surface area contributed by atoms with Crippen molar-refractivity contribution in [3.63, 3.8) is 0 Å². The number of rotatable bonds is 4. The maximum Gasteiger partial charge on any atom is 0.303 e. The van der Waals surface area contributed by atoms with Crippen LogP contribution < -0.4 is 0 Å². The van der Waals surface area contributed by atoms with Gasteiger partial charge in [-0.25, -0.2) is 0 Å². The molecule has 8 nitrogen and oxygen atoms in total. The summed E-state index contributed by atoms with van der Waals surface area (Å²) in [7, 11) is 1.37. The van der Waals surface area contributed by atoms with E-state index in [1.165, 1.54) is 27.9 Å². The molecule has 1 fully saturated rings. The van der Waals surface area contributed by atoms with Crippen molar-refractivity contribution >= 4 is 17.9 Å². The van der Waals surface area contributed by atoms with Gasteiger partial charge in [0.1, 0.15) is 0 Å². The summed E-state index contributed by atoms with van der Waals surface area (Å²) in [5.41, 5.74) is 0. The van der Waals surface area contributed by atoms with Gasteiger partial charge in [-0.1, -0.05) is 0 Å². The fourth-order valence-electron chi connectivity index (χ4n) is 2.16. The average molecular weight is 304 g/mol. The summed E-state index contributed by atoms with van der Waals surface area (Å²) in [6.07, 6.45) is -4.47. The Labute approximate surface area is 122 Å². The first-order chi connectivity index (χ1) is 9.76. The van der Waals surface area contributed by atoms with E-state index in [2.05, 4.69) is 0 Å². The Morgan fingerprint density at radius 1 is 0.810 bits per heavy atom. The molecule has 0 saturated carbocycles. The van der Waals surface area contributed by atoms with Crippen molar-refractivity contribution in [2.75, 3.05) is 7.11 Å². The molecule has 0 aromatic heterocycles. The normalized spacial score (nSPS) is 32.1. The Bertz CT molecular complexity index is 407. The van der Waals surface area contributed by atoms with E-state index >= 15 is 0 Å². The number of carbonyl (C=O) groups is 3. The van der Waals surface area contributed by atoms with Gasteiger partial charge in [-0.3, -0.25) is 14.4 Å². The van der Waals surface area contributed by atoms with E-state index in [4.69, 9.17) is 23.7 Å². The minimum absolute atomic E-state index is 0.565. The number of carbonyl (C=O) groups excluding carboxylic acids is 3. The lowest BCUT2D eigenvalue weighted by atomic mass is 9.99. The highest BCUT2D eigenvalue weighted by molar-refractivity contribution is 5.68. The second-order valence-corrected chi connectivity index (χ2v) is 4.67. The van der Waals surface area contributed by atoms with Gasteiger partial charge in [0.25, 0.3) is 0 Å². The molecule has 0 bridgehead atoms. The largest absolute Gasteiger partial charge is 0.456 e. The van der Waals surface area contributed by atoms with Gasteiger partial charge in [-0.05, 0) is 6.92 Å². The van der Waals surface area contributed by atoms with Crippen LogP contribution in [0.3, 0.4) is 0 Å². The van der Waals surface area contributed by atoms with Crippen LogP contribution in [0.5, 0.6) is 0 Å². The van der Waals surface area contributed by atoms with E-state index in [1.807, 2.05) is 0 Å². The Hall–Kier alpha value is -1.67. The molecule has 0 aliphatic carbocycles. The molecular formula is C13H20O8. The van der Waals surface area contributed by atoms with E-state index in [9.17, 15) is 14.4 Å². The molecule has 0 aromatic rings. The molecule has 0 radical (unpaired) electrons. The molecule has 1 rings (SSSR count). The Kier molecular flexibility index (Phi) is 6.10. The highest BCUT2D eigenvalue weighted by Gasteiger charge is 2.50. The van der Waals surface area contributed by atoms with Gasteiger partial charge in [-0.2, -0.15) is 0 Å². The summed E-state index contributed by atoms with van der Waals surface area (Å²) in [6.45, 7) is 5.27. The standard InChI is InChI=1S/C13H20O8/c1-6-10(19-7(2)14)11(20-8(3)15)12(21-9(4)16)13(17-5)18-6/h6,10-13H,1-5H3/t6-,10+,11-,12-,13+/m0/s1. The van der Waals surface area contributed by atoms with E-state index in [-0.39, 0.29) is 0 Å². The van der Waals surface area contributed by atoms with Crippen molar-refractivity contribution in [3.05, 3.63) is 0 Å². The second-order valence-electron chi connectivity index (χ2n) is 4.67. The molecule has 1 aliphatic rings. The molecule has 1 saturated heterocycles. The summed E-state index contributed by atoms with van der Waals surface area (Å²) in [5, 5.41) is 0. The van der Waals surface area contributed by atoms with Crippen LogP contribution in [0.25, 0.3) is 0 Å². The number of esters is 3. The van der Waals surface area contributed by atoms with Gasteiger partial charge in [-0.15, -0.1) is 0 Å². The maximum atomic E-state index is 11.3. The molecule has 0 N–H and O–H groups in total. The first-order valence-electron chi connectivity index (χ1n) is 6.46. The minimum atomic E-state index is -1.03. The van der Waals surface area contributed by atoms with Crippen LogP contribution in [0, 0.1) is 0 Å². The fraction of sp³-hybridized carbons (Fsp3) is 0.769.